The van der Waals surface area contributed by atoms with Gasteiger partial charge in [-0.25, -0.2) is 27.7 Å². The second-order valence-corrected chi connectivity index (χ2v) is 7.65. The molecule has 0 saturated carbocycles. The molecule has 2 aromatic heterocycles. The summed E-state index contributed by atoms with van der Waals surface area (Å²) in [6.45, 7) is 1.20. The van der Waals surface area contributed by atoms with Crippen LogP contribution in [0.3, 0.4) is 0 Å². The normalized spacial score (nSPS) is 20.1. The minimum Gasteiger partial charge on any atom is -0.290 e. The lowest BCUT2D eigenvalue weighted by molar-refractivity contribution is 0.265. The number of hydrogen-bond donors (Lipinski definition) is 0. The van der Waals surface area contributed by atoms with E-state index in [1.165, 1.54) is 6.26 Å². The lowest BCUT2D eigenvalue weighted by Gasteiger charge is -2.30. The van der Waals surface area contributed by atoms with Crippen LogP contribution in [0.4, 0.5) is 0 Å². The van der Waals surface area contributed by atoms with Gasteiger partial charge < -0.3 is 0 Å². The molecule has 0 radical (unpaired) electrons. The standard InChI is InChI=1S/C14H19N5O2S/c1-22(20,21)19-5-2-3-12(9-19)7-13-8-14(17-10-16-13)18-6-4-15-11-18/h4,6,8,10-12H,2-3,5,7,9H2,1H3. The molecule has 7 nitrogen and oxygen atoms in total. The molecule has 1 aliphatic heterocycles. The maximum Gasteiger partial charge on any atom is 0.211 e. The highest BCUT2D eigenvalue weighted by atomic mass is 32.2. The Morgan fingerprint density at radius 3 is 2.95 bits per heavy atom. The third-order valence-electron chi connectivity index (χ3n) is 3.93. The first-order chi connectivity index (χ1) is 10.5. The lowest BCUT2D eigenvalue weighted by atomic mass is 9.94. The van der Waals surface area contributed by atoms with Crippen molar-refractivity contribution in [2.45, 2.75) is 19.3 Å². The highest BCUT2D eigenvalue weighted by Gasteiger charge is 2.26. The molecule has 0 amide bonds. The first-order valence-electron chi connectivity index (χ1n) is 7.27. The highest BCUT2D eigenvalue weighted by Crippen LogP contribution is 2.22. The molecule has 22 heavy (non-hydrogen) atoms. The quantitative estimate of drug-likeness (QED) is 0.835. The van der Waals surface area contributed by atoms with E-state index in [9.17, 15) is 8.42 Å². The van der Waals surface area contributed by atoms with Crippen molar-refractivity contribution in [1.82, 2.24) is 23.8 Å². The van der Waals surface area contributed by atoms with Crippen LogP contribution < -0.4 is 0 Å². The fourth-order valence-electron chi connectivity index (χ4n) is 2.82. The van der Waals surface area contributed by atoms with Gasteiger partial charge in [0.05, 0.1) is 6.26 Å². The van der Waals surface area contributed by atoms with Crippen molar-refractivity contribution in [3.63, 3.8) is 0 Å². The molecule has 1 saturated heterocycles. The van der Waals surface area contributed by atoms with Crippen molar-refractivity contribution in [3.8, 4) is 5.82 Å². The smallest absolute Gasteiger partial charge is 0.211 e. The molecule has 1 atom stereocenters. The van der Waals surface area contributed by atoms with Crippen LogP contribution in [-0.2, 0) is 16.4 Å². The highest BCUT2D eigenvalue weighted by molar-refractivity contribution is 7.88. The van der Waals surface area contributed by atoms with Crippen LogP contribution in [0.25, 0.3) is 5.82 Å². The third-order valence-corrected chi connectivity index (χ3v) is 5.20. The van der Waals surface area contributed by atoms with Crippen LogP contribution in [-0.4, -0.2) is 51.6 Å². The summed E-state index contributed by atoms with van der Waals surface area (Å²) in [5, 5.41) is 0. The van der Waals surface area contributed by atoms with Crippen molar-refractivity contribution in [1.29, 1.82) is 0 Å². The van der Waals surface area contributed by atoms with Crippen molar-refractivity contribution in [3.05, 3.63) is 36.8 Å². The summed E-state index contributed by atoms with van der Waals surface area (Å²) >= 11 is 0. The molecule has 1 fully saturated rings. The molecule has 3 rings (SSSR count). The van der Waals surface area contributed by atoms with Crippen LogP contribution in [0.5, 0.6) is 0 Å². The number of piperidine rings is 1. The molecule has 1 unspecified atom stereocenters. The molecular formula is C14H19N5O2S. The van der Waals surface area contributed by atoms with Gasteiger partial charge in [-0.15, -0.1) is 0 Å². The van der Waals surface area contributed by atoms with E-state index in [1.807, 2.05) is 16.8 Å². The predicted molar refractivity (Wildman–Crippen MR) is 82.0 cm³/mol. The fraction of sp³-hybridized carbons (Fsp3) is 0.500. The van der Waals surface area contributed by atoms with E-state index in [-0.39, 0.29) is 0 Å². The monoisotopic (exact) mass is 321 g/mol. The van der Waals surface area contributed by atoms with E-state index >= 15 is 0 Å². The lowest BCUT2D eigenvalue weighted by Crippen LogP contribution is -2.39. The summed E-state index contributed by atoms with van der Waals surface area (Å²) in [6, 6.07) is 1.93. The third kappa shape index (κ3) is 3.50. The van der Waals surface area contributed by atoms with Gasteiger partial charge in [0.15, 0.2) is 0 Å². The Labute approximate surface area is 130 Å². The van der Waals surface area contributed by atoms with Crippen LogP contribution in [0.2, 0.25) is 0 Å². The second kappa shape index (κ2) is 6.13. The molecule has 3 heterocycles. The molecule has 0 bridgehead atoms. The second-order valence-electron chi connectivity index (χ2n) is 5.67. The zero-order valence-electron chi connectivity index (χ0n) is 12.5. The number of imidazole rings is 1. The fourth-order valence-corrected chi connectivity index (χ4v) is 3.77. The Morgan fingerprint density at radius 1 is 1.36 bits per heavy atom. The zero-order valence-corrected chi connectivity index (χ0v) is 13.3. The van der Waals surface area contributed by atoms with Crippen LogP contribution >= 0.6 is 0 Å². The van der Waals surface area contributed by atoms with Gasteiger partial charge in [-0.2, -0.15) is 0 Å². The Balaban J connectivity index is 1.72. The molecular weight excluding hydrogens is 302 g/mol. The Kier molecular flexibility index (Phi) is 4.21. The molecule has 1 aliphatic rings. The average molecular weight is 321 g/mol. The first-order valence-corrected chi connectivity index (χ1v) is 9.11. The van der Waals surface area contributed by atoms with Crippen molar-refractivity contribution >= 4 is 10.0 Å². The molecule has 2 aromatic rings. The zero-order chi connectivity index (χ0) is 15.6. The summed E-state index contributed by atoms with van der Waals surface area (Å²) in [4.78, 5) is 12.6. The molecule has 0 aliphatic carbocycles. The minimum absolute atomic E-state index is 0.300. The molecule has 8 heteroatoms. The van der Waals surface area contributed by atoms with Crippen molar-refractivity contribution in [2.24, 2.45) is 5.92 Å². The van der Waals surface area contributed by atoms with E-state index in [2.05, 4.69) is 15.0 Å². The maximum absolute atomic E-state index is 11.7. The van der Waals surface area contributed by atoms with E-state index in [0.717, 1.165) is 30.8 Å². The number of sulfonamides is 1. The van der Waals surface area contributed by atoms with Crippen LogP contribution in [0.1, 0.15) is 18.5 Å². The first kappa shape index (κ1) is 15.1. The topological polar surface area (TPSA) is 81.0 Å². The minimum atomic E-state index is -3.11. The molecule has 0 N–H and O–H groups in total. The van der Waals surface area contributed by atoms with Crippen molar-refractivity contribution in [2.75, 3.05) is 19.3 Å². The number of hydrogen-bond acceptors (Lipinski definition) is 5. The summed E-state index contributed by atoms with van der Waals surface area (Å²) in [5.41, 5.74) is 0.930. The van der Waals surface area contributed by atoms with Gasteiger partial charge in [0.25, 0.3) is 0 Å². The van der Waals surface area contributed by atoms with Gasteiger partial charge in [-0.3, -0.25) is 4.57 Å². The van der Waals surface area contributed by atoms with Crippen LogP contribution in [0.15, 0.2) is 31.1 Å². The largest absolute Gasteiger partial charge is 0.290 e. The van der Waals surface area contributed by atoms with Gasteiger partial charge in [0.1, 0.15) is 18.5 Å². The SMILES string of the molecule is CS(=O)(=O)N1CCCC(Cc2cc(-n3ccnc3)ncn2)C1. The van der Waals surface area contributed by atoms with E-state index in [1.54, 1.807) is 23.2 Å². The van der Waals surface area contributed by atoms with Crippen molar-refractivity contribution < 1.29 is 8.42 Å². The maximum atomic E-state index is 11.7. The number of nitrogens with zero attached hydrogens (tertiary/aromatic N) is 5. The molecule has 0 spiro atoms. The van der Waals surface area contributed by atoms with Gasteiger partial charge in [0, 0.05) is 37.2 Å². The Hall–Kier alpha value is -1.80. The van der Waals surface area contributed by atoms with Gasteiger partial charge >= 0.3 is 0 Å². The Bertz CT molecular complexity index is 729. The van der Waals surface area contributed by atoms with Gasteiger partial charge in [-0.05, 0) is 25.2 Å². The summed E-state index contributed by atoms with van der Waals surface area (Å²) in [6.07, 6.45) is 10.7. The van der Waals surface area contributed by atoms with Gasteiger partial charge in [0.2, 0.25) is 10.0 Å². The van der Waals surface area contributed by atoms with E-state index in [4.69, 9.17) is 0 Å². The number of aromatic nitrogens is 4. The summed E-state index contributed by atoms with van der Waals surface area (Å²) < 4.78 is 26.8. The number of rotatable bonds is 4. The predicted octanol–water partition coefficient (Wildman–Crippen LogP) is 0.876. The van der Waals surface area contributed by atoms with Gasteiger partial charge in [-0.1, -0.05) is 0 Å². The van der Waals surface area contributed by atoms with E-state index < -0.39 is 10.0 Å². The molecule has 0 aromatic carbocycles. The van der Waals surface area contributed by atoms with Crippen LogP contribution in [0, 0.1) is 5.92 Å². The average Bonchev–Trinajstić information content (AvgIpc) is 3.01. The Morgan fingerprint density at radius 2 is 2.23 bits per heavy atom. The molecule has 118 valence electrons. The summed E-state index contributed by atoms with van der Waals surface area (Å²) in [5.74, 6) is 1.08. The van der Waals surface area contributed by atoms with E-state index in [0.29, 0.717) is 19.0 Å². The summed E-state index contributed by atoms with van der Waals surface area (Å²) in [7, 11) is -3.11.